The van der Waals surface area contributed by atoms with Crippen molar-refractivity contribution in [1.29, 1.82) is 0 Å². The highest BCUT2D eigenvalue weighted by atomic mass is 19.1. The van der Waals surface area contributed by atoms with Crippen LogP contribution in [0.5, 0.6) is 11.9 Å². The lowest BCUT2D eigenvalue weighted by Gasteiger charge is -2.37. The van der Waals surface area contributed by atoms with Crippen molar-refractivity contribution in [3.8, 4) is 35.5 Å². The van der Waals surface area contributed by atoms with Crippen LogP contribution in [-0.4, -0.2) is 120 Å². The van der Waals surface area contributed by atoms with Crippen molar-refractivity contribution >= 4 is 33.6 Å². The molecule has 6 saturated heterocycles. The minimum Gasteiger partial charge on any atom is -0.477 e. The first-order valence-electron chi connectivity index (χ1n) is 20.1. The third-order valence-corrected chi connectivity index (χ3v) is 13.1. The normalized spacial score (nSPS) is 27.0. The molecule has 2 bridgehead atoms. The van der Waals surface area contributed by atoms with E-state index in [1.54, 1.807) is 23.1 Å². The Morgan fingerprint density at radius 3 is 2.77 bits per heavy atom. The number of carbonyl (C=O) groups is 1. The van der Waals surface area contributed by atoms with Gasteiger partial charge in [-0.3, -0.25) is 4.90 Å². The average Bonchev–Trinajstić information content (AvgIpc) is 3.60. The van der Waals surface area contributed by atoms with E-state index < -0.39 is 17.2 Å². The largest absolute Gasteiger partial charge is 0.477 e. The van der Waals surface area contributed by atoms with Crippen LogP contribution in [0, 0.1) is 29.9 Å². The highest BCUT2D eigenvalue weighted by Gasteiger charge is 2.52. The number of carbonyl (C=O) groups excluding carboxylic acids is 1. The van der Waals surface area contributed by atoms with Crippen molar-refractivity contribution in [3.63, 3.8) is 0 Å². The molecule has 296 valence electrons. The van der Waals surface area contributed by atoms with Gasteiger partial charge in [0.25, 0.3) is 0 Å². The average molecular weight is 778 g/mol. The highest BCUT2D eigenvalue weighted by Crippen LogP contribution is 2.46. The number of aromatic nitrogens is 3. The number of morpholine rings is 1. The van der Waals surface area contributed by atoms with Crippen LogP contribution in [0.1, 0.15) is 44.1 Å². The number of rotatable bonds is 6. The molecule has 7 aliphatic heterocycles. The molecule has 0 radical (unpaired) electrons. The summed E-state index contributed by atoms with van der Waals surface area (Å²) in [7, 11) is 0. The maximum atomic E-state index is 17.5. The van der Waals surface area contributed by atoms with Gasteiger partial charge < -0.3 is 34.1 Å². The number of anilines is 1. The van der Waals surface area contributed by atoms with Crippen LogP contribution in [0.2, 0.25) is 0 Å². The fraction of sp³-hybridized carbons (Fsp3) is 0.488. The monoisotopic (exact) mass is 777 g/mol. The van der Waals surface area contributed by atoms with Crippen molar-refractivity contribution in [3.05, 3.63) is 59.7 Å². The van der Waals surface area contributed by atoms with E-state index in [0.29, 0.717) is 85.9 Å². The number of nitrogens with zero attached hydrogens (tertiary/aromatic N) is 6. The molecule has 3 unspecified atom stereocenters. The number of halogens is 2. The number of nitrogens with one attached hydrogen (secondary N) is 1. The standard InChI is InChI=1S/C43H45F2N7O5/c1-3-30-32(44)10-8-26-5-4-6-31(34(26)30)37-36(45)38-35-39(51-22-28-9-7-27(20-46-28)33(51)12-16-55-40(35)47-37)49-41(48-38)57-24-43-13-11-29(52(43)21-25(2)19-43)23-56-42(53)50-14-17-54-18-15-50/h1,4-6,8,10,27-29,33,46H,2,7,9,11-24H2/t27?,28?,29-,33?,43-/m0/s1. The summed E-state index contributed by atoms with van der Waals surface area (Å²) in [6, 6.07) is 8.61. The van der Waals surface area contributed by atoms with Gasteiger partial charge in [0.1, 0.15) is 41.4 Å². The molecule has 11 rings (SSSR count). The maximum Gasteiger partial charge on any atom is 0.409 e. The predicted octanol–water partition coefficient (Wildman–Crippen LogP) is 5.45. The van der Waals surface area contributed by atoms with E-state index in [9.17, 15) is 4.79 Å². The van der Waals surface area contributed by atoms with Gasteiger partial charge in [0, 0.05) is 68.2 Å². The van der Waals surface area contributed by atoms with Gasteiger partial charge in [0.2, 0.25) is 5.88 Å². The molecule has 2 aromatic carbocycles. The van der Waals surface area contributed by atoms with E-state index in [0.717, 1.165) is 44.2 Å². The molecule has 0 saturated carbocycles. The van der Waals surface area contributed by atoms with Crippen molar-refractivity contribution in [2.75, 3.05) is 70.7 Å². The highest BCUT2D eigenvalue weighted by molar-refractivity contribution is 6.03. The Kier molecular flexibility index (Phi) is 9.14. The van der Waals surface area contributed by atoms with Crippen LogP contribution in [0.25, 0.3) is 32.9 Å². The third-order valence-electron chi connectivity index (χ3n) is 13.1. The first-order valence-corrected chi connectivity index (χ1v) is 20.1. The zero-order valence-electron chi connectivity index (χ0n) is 31.8. The number of amides is 1. The minimum absolute atomic E-state index is 0.00571. The van der Waals surface area contributed by atoms with E-state index in [1.165, 1.54) is 6.07 Å². The molecule has 9 heterocycles. The van der Waals surface area contributed by atoms with Crippen molar-refractivity contribution in [1.82, 2.24) is 30.1 Å². The number of fused-ring (bicyclic) bond motifs is 4. The SMILES string of the molecule is C#Cc1c(F)ccc2cccc(-c3nc4c5c(nc(OC[C@@]67CC[C@@H](COC(=O)N8CCOCC8)N6CC(=C)C7)nc5c3F)N3CC5CCC(CN5)C3CCO4)c12. The number of piperidine rings is 1. The number of hydrogen-bond donors (Lipinski definition) is 1. The summed E-state index contributed by atoms with van der Waals surface area (Å²) < 4.78 is 56.8. The Bertz CT molecular complexity index is 2320. The second-order valence-corrected chi connectivity index (χ2v) is 16.3. The van der Waals surface area contributed by atoms with E-state index in [4.69, 9.17) is 40.3 Å². The van der Waals surface area contributed by atoms with Crippen LogP contribution < -0.4 is 19.7 Å². The van der Waals surface area contributed by atoms with Crippen molar-refractivity contribution in [2.24, 2.45) is 5.92 Å². The fourth-order valence-corrected chi connectivity index (χ4v) is 10.3. The summed E-state index contributed by atoms with van der Waals surface area (Å²) in [5.41, 5.74) is 0.993. The van der Waals surface area contributed by atoms with Gasteiger partial charge in [0.05, 0.1) is 30.9 Å². The Labute approximate surface area is 329 Å². The molecule has 57 heavy (non-hydrogen) atoms. The molecular weight excluding hydrogens is 733 g/mol. The molecule has 1 amide bonds. The van der Waals surface area contributed by atoms with Crippen molar-refractivity contribution in [2.45, 2.75) is 62.2 Å². The molecule has 0 aliphatic carbocycles. The minimum atomic E-state index is -0.698. The number of benzene rings is 2. The zero-order valence-corrected chi connectivity index (χ0v) is 31.8. The first kappa shape index (κ1) is 36.3. The number of pyridine rings is 1. The van der Waals surface area contributed by atoms with Gasteiger partial charge in [-0.05, 0) is 49.5 Å². The Balaban J connectivity index is 1.04. The lowest BCUT2D eigenvalue weighted by Crippen LogP contribution is -2.48. The number of hydrogen-bond acceptors (Lipinski definition) is 11. The van der Waals surface area contributed by atoms with Crippen LogP contribution in [-0.2, 0) is 9.47 Å². The summed E-state index contributed by atoms with van der Waals surface area (Å²) in [6.45, 7) is 9.49. The van der Waals surface area contributed by atoms with Gasteiger partial charge in [-0.2, -0.15) is 9.97 Å². The lowest BCUT2D eigenvalue weighted by molar-refractivity contribution is 0.0139. The van der Waals surface area contributed by atoms with Crippen LogP contribution >= 0.6 is 0 Å². The summed E-state index contributed by atoms with van der Waals surface area (Å²) in [4.78, 5) is 33.9. The van der Waals surface area contributed by atoms with Crippen LogP contribution in [0.4, 0.5) is 19.4 Å². The molecule has 14 heteroatoms. The molecule has 7 aliphatic rings. The smallest absolute Gasteiger partial charge is 0.409 e. The summed E-state index contributed by atoms with van der Waals surface area (Å²) >= 11 is 0. The fourth-order valence-electron chi connectivity index (χ4n) is 10.3. The molecule has 12 nitrogen and oxygen atoms in total. The molecule has 4 aromatic rings. The van der Waals surface area contributed by atoms with Gasteiger partial charge in [-0.15, -0.1) is 6.42 Å². The predicted molar refractivity (Wildman–Crippen MR) is 209 cm³/mol. The van der Waals surface area contributed by atoms with Gasteiger partial charge in [-0.25, -0.2) is 18.6 Å². The topological polar surface area (TPSA) is 114 Å². The van der Waals surface area contributed by atoms with Gasteiger partial charge in [-0.1, -0.05) is 42.3 Å². The third kappa shape index (κ3) is 6.22. The molecule has 2 aromatic heterocycles. The quantitative estimate of drug-likeness (QED) is 0.199. The van der Waals surface area contributed by atoms with E-state index in [-0.39, 0.29) is 66.1 Å². The number of terminal acetylenes is 1. The molecule has 6 fully saturated rings. The van der Waals surface area contributed by atoms with Crippen molar-refractivity contribution < 1.29 is 32.5 Å². The van der Waals surface area contributed by atoms with E-state index in [1.807, 2.05) is 6.07 Å². The zero-order chi connectivity index (χ0) is 38.8. The molecule has 0 spiro atoms. The van der Waals surface area contributed by atoms with E-state index in [2.05, 4.69) is 27.6 Å². The second kappa shape index (κ2) is 14.4. The Morgan fingerprint density at radius 1 is 1.07 bits per heavy atom. The molecule has 5 atom stereocenters. The van der Waals surface area contributed by atoms with Crippen LogP contribution in [0.15, 0.2) is 42.5 Å². The summed E-state index contributed by atoms with van der Waals surface area (Å²) in [5, 5.41) is 5.13. The Hall–Kier alpha value is -5.10. The van der Waals surface area contributed by atoms with Gasteiger partial charge in [0.15, 0.2) is 5.82 Å². The summed E-state index contributed by atoms with van der Waals surface area (Å²) in [6.07, 6.45) is 10.7. The molecule has 1 N–H and O–H groups in total. The Morgan fingerprint density at radius 2 is 1.95 bits per heavy atom. The first-order chi connectivity index (χ1) is 27.8. The molecular formula is C43H45F2N7O5. The maximum absolute atomic E-state index is 17.5. The van der Waals surface area contributed by atoms with Crippen LogP contribution in [0.3, 0.4) is 0 Å². The lowest BCUT2D eigenvalue weighted by atomic mass is 9.89. The van der Waals surface area contributed by atoms with Gasteiger partial charge >= 0.3 is 12.1 Å². The second-order valence-electron chi connectivity index (χ2n) is 16.3. The summed E-state index contributed by atoms with van der Waals surface area (Å²) in [5.74, 6) is 2.30. The van der Waals surface area contributed by atoms with E-state index >= 15 is 8.78 Å². The number of ether oxygens (including phenoxy) is 4.